The Kier molecular flexibility index (Phi) is 9.00. The quantitative estimate of drug-likeness (QED) is 0.596. The van der Waals surface area contributed by atoms with Crippen LogP contribution in [0.1, 0.15) is 66.6 Å². The maximum Gasteiger partial charge on any atom is 0.410 e. The molecule has 2 N–H and O–H groups in total. The first-order valence-electron chi connectivity index (χ1n) is 12.8. The molecule has 1 heterocycles. The van der Waals surface area contributed by atoms with Crippen molar-refractivity contribution >= 4 is 23.7 Å². The second-order valence-corrected chi connectivity index (χ2v) is 10.7. The zero-order valence-corrected chi connectivity index (χ0v) is 22.9. The van der Waals surface area contributed by atoms with E-state index in [2.05, 4.69) is 6.07 Å². The van der Waals surface area contributed by atoms with Crippen molar-refractivity contribution in [3.63, 3.8) is 0 Å². The van der Waals surface area contributed by atoms with E-state index in [4.69, 9.17) is 15.7 Å². The number of hydrogen-bond donors (Lipinski definition) is 1. The third kappa shape index (κ3) is 7.25. The molecule has 9 heteroatoms. The molecule has 4 amide bonds. The first kappa shape index (κ1) is 28.5. The molecule has 0 aliphatic carbocycles. The van der Waals surface area contributed by atoms with Crippen LogP contribution < -0.4 is 10.6 Å². The molecule has 0 aromatic heterocycles. The standard InChI is InChI=1S/C29H37N5O4/c1-20-6-9-24(18-25(20)34(27(31)36)17-16-32(5)28(37)38-29(2,3)4)26(35)33-14-12-23(13-15-33)22-10-7-21(19-30)8-11-22/h6-11,18,23H,12-17H2,1-5H3,(H2,31,36). The van der Waals surface area contributed by atoms with Crippen LogP contribution in [-0.2, 0) is 4.74 Å². The van der Waals surface area contributed by atoms with Crippen LogP contribution in [0.15, 0.2) is 42.5 Å². The van der Waals surface area contributed by atoms with Crippen LogP contribution in [0, 0.1) is 18.3 Å². The number of aryl methyl sites for hydroxylation is 1. The van der Waals surface area contributed by atoms with Gasteiger partial charge in [-0.2, -0.15) is 5.26 Å². The molecule has 3 rings (SSSR count). The van der Waals surface area contributed by atoms with E-state index in [1.54, 1.807) is 46.0 Å². The van der Waals surface area contributed by atoms with Gasteiger partial charge in [-0.1, -0.05) is 18.2 Å². The van der Waals surface area contributed by atoms with Crippen LogP contribution in [0.2, 0.25) is 0 Å². The highest BCUT2D eigenvalue weighted by molar-refractivity contribution is 5.98. The molecule has 9 nitrogen and oxygen atoms in total. The summed E-state index contributed by atoms with van der Waals surface area (Å²) in [6.07, 6.45) is 1.17. The number of nitriles is 1. The number of benzene rings is 2. The SMILES string of the molecule is Cc1ccc(C(=O)N2CCC(c3ccc(C#N)cc3)CC2)cc1N(CCN(C)C(=O)OC(C)(C)C)C(N)=O. The molecular formula is C29H37N5O4. The molecule has 38 heavy (non-hydrogen) atoms. The molecule has 1 fully saturated rings. The summed E-state index contributed by atoms with van der Waals surface area (Å²) in [7, 11) is 1.60. The molecule has 0 spiro atoms. The molecule has 1 saturated heterocycles. The highest BCUT2D eigenvalue weighted by Crippen LogP contribution is 2.30. The van der Waals surface area contributed by atoms with Gasteiger partial charge in [-0.15, -0.1) is 0 Å². The van der Waals surface area contributed by atoms with Crippen LogP contribution >= 0.6 is 0 Å². The van der Waals surface area contributed by atoms with Crippen molar-refractivity contribution in [3.05, 3.63) is 64.7 Å². The van der Waals surface area contributed by atoms with Gasteiger partial charge in [0.05, 0.1) is 11.6 Å². The fraction of sp³-hybridized carbons (Fsp3) is 0.448. The minimum atomic E-state index is -0.668. The number of ether oxygens (including phenoxy) is 1. The molecular weight excluding hydrogens is 482 g/mol. The number of likely N-dealkylation sites (N-methyl/N-ethyl adjacent to an activating group) is 1. The van der Waals surface area contributed by atoms with E-state index < -0.39 is 17.7 Å². The highest BCUT2D eigenvalue weighted by Gasteiger charge is 2.26. The van der Waals surface area contributed by atoms with Crippen molar-refractivity contribution < 1.29 is 19.1 Å². The molecule has 0 saturated carbocycles. The summed E-state index contributed by atoms with van der Waals surface area (Å²) in [5, 5.41) is 9.01. The number of anilines is 1. The van der Waals surface area contributed by atoms with E-state index in [0.717, 1.165) is 18.4 Å². The molecule has 2 aromatic carbocycles. The van der Waals surface area contributed by atoms with Crippen molar-refractivity contribution in [3.8, 4) is 6.07 Å². The zero-order valence-electron chi connectivity index (χ0n) is 22.9. The van der Waals surface area contributed by atoms with Crippen LogP contribution in [0.4, 0.5) is 15.3 Å². The minimum absolute atomic E-state index is 0.0974. The number of urea groups is 1. The van der Waals surface area contributed by atoms with E-state index in [9.17, 15) is 14.4 Å². The maximum absolute atomic E-state index is 13.4. The summed E-state index contributed by atoms with van der Waals surface area (Å²) in [5.41, 5.74) is 8.70. The molecule has 0 bridgehead atoms. The molecule has 202 valence electrons. The molecule has 0 unspecified atom stereocenters. The van der Waals surface area contributed by atoms with Crippen molar-refractivity contribution in [2.24, 2.45) is 5.73 Å². The van der Waals surface area contributed by atoms with Crippen LogP contribution in [-0.4, -0.2) is 66.7 Å². The Hall–Kier alpha value is -4.06. The van der Waals surface area contributed by atoms with E-state index in [1.165, 1.54) is 15.4 Å². The molecule has 2 aromatic rings. The second-order valence-electron chi connectivity index (χ2n) is 10.7. The average molecular weight is 520 g/mol. The molecule has 0 radical (unpaired) electrons. The maximum atomic E-state index is 13.4. The lowest BCUT2D eigenvalue weighted by Crippen LogP contribution is -2.43. The molecule has 1 aliphatic rings. The van der Waals surface area contributed by atoms with Crippen molar-refractivity contribution in [2.75, 3.05) is 38.1 Å². The van der Waals surface area contributed by atoms with Crippen LogP contribution in [0.3, 0.4) is 0 Å². The number of nitrogens with zero attached hydrogens (tertiary/aromatic N) is 4. The van der Waals surface area contributed by atoms with Gasteiger partial charge in [0, 0.05) is 44.5 Å². The summed E-state index contributed by atoms with van der Waals surface area (Å²) in [4.78, 5) is 42.6. The fourth-order valence-corrected chi connectivity index (χ4v) is 4.49. The number of piperidine rings is 1. The van der Waals surface area contributed by atoms with Gasteiger partial charge in [0.15, 0.2) is 0 Å². The average Bonchev–Trinajstić information content (AvgIpc) is 2.88. The molecule has 1 aliphatic heterocycles. The lowest BCUT2D eigenvalue weighted by atomic mass is 9.89. The minimum Gasteiger partial charge on any atom is -0.444 e. The van der Waals surface area contributed by atoms with E-state index >= 15 is 0 Å². The smallest absolute Gasteiger partial charge is 0.410 e. The largest absolute Gasteiger partial charge is 0.444 e. The number of likely N-dealkylation sites (tertiary alicyclic amines) is 1. The Morgan fingerprint density at radius 1 is 1.08 bits per heavy atom. The van der Waals surface area contributed by atoms with Crippen LogP contribution in [0.5, 0.6) is 0 Å². The third-order valence-electron chi connectivity index (χ3n) is 6.67. The summed E-state index contributed by atoms with van der Waals surface area (Å²) in [6.45, 7) is 8.81. The van der Waals surface area contributed by atoms with Gasteiger partial charge in [0.25, 0.3) is 5.91 Å². The highest BCUT2D eigenvalue weighted by atomic mass is 16.6. The Bertz CT molecular complexity index is 1200. The Labute approximate surface area is 224 Å². The topological polar surface area (TPSA) is 120 Å². The summed E-state index contributed by atoms with van der Waals surface area (Å²) in [5.74, 6) is 0.243. The van der Waals surface area contributed by atoms with Gasteiger partial charge < -0.3 is 20.3 Å². The second kappa shape index (κ2) is 12.0. The van der Waals surface area contributed by atoms with E-state index in [0.29, 0.717) is 35.8 Å². The fourth-order valence-electron chi connectivity index (χ4n) is 4.49. The van der Waals surface area contributed by atoms with Gasteiger partial charge in [-0.25, -0.2) is 9.59 Å². The van der Waals surface area contributed by atoms with Crippen molar-refractivity contribution in [2.45, 2.75) is 52.1 Å². The Morgan fingerprint density at radius 3 is 2.26 bits per heavy atom. The summed E-state index contributed by atoms with van der Waals surface area (Å²) in [6, 6.07) is 14.4. The Balaban J connectivity index is 1.68. The normalized spacial score (nSPS) is 13.9. The molecule has 0 atom stereocenters. The van der Waals surface area contributed by atoms with E-state index in [1.807, 2.05) is 36.1 Å². The van der Waals surface area contributed by atoms with Crippen molar-refractivity contribution in [1.29, 1.82) is 5.26 Å². The summed E-state index contributed by atoms with van der Waals surface area (Å²) >= 11 is 0. The Morgan fingerprint density at radius 2 is 1.71 bits per heavy atom. The van der Waals surface area contributed by atoms with Gasteiger partial charge in [-0.05, 0) is 81.8 Å². The predicted molar refractivity (Wildman–Crippen MR) is 146 cm³/mol. The van der Waals surface area contributed by atoms with Crippen LogP contribution in [0.25, 0.3) is 0 Å². The number of nitrogens with two attached hydrogens (primary N) is 1. The third-order valence-corrected chi connectivity index (χ3v) is 6.67. The number of carbonyl (C=O) groups excluding carboxylic acids is 3. The van der Waals surface area contributed by atoms with Gasteiger partial charge in [0.1, 0.15) is 5.60 Å². The lowest BCUT2D eigenvalue weighted by molar-refractivity contribution is 0.0303. The predicted octanol–water partition coefficient (Wildman–Crippen LogP) is 4.64. The number of carbonyl (C=O) groups is 3. The first-order chi connectivity index (χ1) is 17.9. The zero-order chi connectivity index (χ0) is 28.0. The first-order valence-corrected chi connectivity index (χ1v) is 12.8. The number of amides is 4. The summed E-state index contributed by atoms with van der Waals surface area (Å²) < 4.78 is 5.37. The number of rotatable bonds is 6. The van der Waals surface area contributed by atoms with Gasteiger partial charge in [0.2, 0.25) is 0 Å². The number of primary amides is 1. The van der Waals surface area contributed by atoms with E-state index in [-0.39, 0.29) is 19.0 Å². The lowest BCUT2D eigenvalue weighted by Gasteiger charge is -2.33. The van der Waals surface area contributed by atoms with Gasteiger partial charge in [-0.3, -0.25) is 9.69 Å². The number of hydrogen-bond acceptors (Lipinski definition) is 5. The van der Waals surface area contributed by atoms with Crippen molar-refractivity contribution in [1.82, 2.24) is 9.80 Å². The van der Waals surface area contributed by atoms with Gasteiger partial charge >= 0.3 is 12.1 Å². The monoisotopic (exact) mass is 519 g/mol.